The molecule has 0 amide bonds. The summed E-state index contributed by atoms with van der Waals surface area (Å²) in [7, 11) is 0. The minimum atomic E-state index is -0.194. The zero-order valence-corrected chi connectivity index (χ0v) is 10.1. The molecule has 1 N–H and O–H groups in total. The highest BCUT2D eigenvalue weighted by Gasteiger charge is 2.01. The second-order valence-electron chi connectivity index (χ2n) is 4.25. The molecule has 2 aromatic carbocycles. The first-order valence-corrected chi connectivity index (χ1v) is 5.71. The summed E-state index contributed by atoms with van der Waals surface area (Å²) in [6.07, 6.45) is 0. The predicted octanol–water partition coefficient (Wildman–Crippen LogP) is 4.05. The SMILES string of the molecule is Cc1cccc(C)c1NCc1ccc(F)cc1. The van der Waals surface area contributed by atoms with Gasteiger partial charge in [-0.2, -0.15) is 0 Å². The molecule has 17 heavy (non-hydrogen) atoms. The Hall–Kier alpha value is -1.83. The van der Waals surface area contributed by atoms with Crippen LogP contribution in [0.25, 0.3) is 0 Å². The lowest BCUT2D eigenvalue weighted by Crippen LogP contribution is -2.02. The van der Waals surface area contributed by atoms with Crippen molar-refractivity contribution >= 4 is 5.69 Å². The van der Waals surface area contributed by atoms with E-state index in [1.807, 2.05) is 6.07 Å². The Bertz CT molecular complexity index is 483. The van der Waals surface area contributed by atoms with Crippen LogP contribution >= 0.6 is 0 Å². The molecule has 1 nitrogen and oxygen atoms in total. The Morgan fingerprint density at radius 1 is 0.941 bits per heavy atom. The largest absolute Gasteiger partial charge is 0.381 e. The second-order valence-corrected chi connectivity index (χ2v) is 4.25. The minimum absolute atomic E-state index is 0.194. The summed E-state index contributed by atoms with van der Waals surface area (Å²) < 4.78 is 12.8. The highest BCUT2D eigenvalue weighted by atomic mass is 19.1. The molecule has 0 fully saturated rings. The molecular formula is C15H16FN. The topological polar surface area (TPSA) is 12.0 Å². The van der Waals surface area contributed by atoms with E-state index in [1.165, 1.54) is 23.3 Å². The van der Waals surface area contributed by atoms with Gasteiger partial charge in [-0.1, -0.05) is 30.3 Å². The second kappa shape index (κ2) is 5.00. The maximum absolute atomic E-state index is 12.8. The van der Waals surface area contributed by atoms with Crippen molar-refractivity contribution < 1.29 is 4.39 Å². The summed E-state index contributed by atoms with van der Waals surface area (Å²) in [6.45, 7) is 4.88. The molecule has 0 saturated carbocycles. The van der Waals surface area contributed by atoms with E-state index in [1.54, 1.807) is 12.1 Å². The third-order valence-electron chi connectivity index (χ3n) is 2.86. The van der Waals surface area contributed by atoms with Crippen LogP contribution in [-0.2, 0) is 6.54 Å². The van der Waals surface area contributed by atoms with Crippen LogP contribution in [0, 0.1) is 19.7 Å². The van der Waals surface area contributed by atoms with Gasteiger partial charge >= 0.3 is 0 Å². The van der Waals surface area contributed by atoms with Crippen LogP contribution in [0.4, 0.5) is 10.1 Å². The first-order valence-electron chi connectivity index (χ1n) is 5.71. The average Bonchev–Trinajstić information content (AvgIpc) is 2.31. The van der Waals surface area contributed by atoms with E-state index in [0.717, 1.165) is 11.3 Å². The fourth-order valence-corrected chi connectivity index (χ4v) is 1.89. The number of nitrogens with one attached hydrogen (secondary N) is 1. The van der Waals surface area contributed by atoms with E-state index in [2.05, 4.69) is 31.3 Å². The molecule has 0 saturated heterocycles. The number of hydrogen-bond donors (Lipinski definition) is 1. The van der Waals surface area contributed by atoms with Crippen molar-refractivity contribution in [3.8, 4) is 0 Å². The molecule has 0 aromatic heterocycles. The molecule has 2 rings (SSSR count). The van der Waals surface area contributed by atoms with Crippen LogP contribution in [0.1, 0.15) is 16.7 Å². The maximum atomic E-state index is 12.8. The Labute approximate surface area is 101 Å². The van der Waals surface area contributed by atoms with Crippen molar-refractivity contribution in [2.75, 3.05) is 5.32 Å². The molecule has 0 aliphatic carbocycles. The lowest BCUT2D eigenvalue weighted by molar-refractivity contribution is 0.627. The number of anilines is 1. The van der Waals surface area contributed by atoms with Crippen LogP contribution in [0.15, 0.2) is 42.5 Å². The highest BCUT2D eigenvalue weighted by molar-refractivity contribution is 5.56. The van der Waals surface area contributed by atoms with Crippen molar-refractivity contribution in [3.05, 3.63) is 65.0 Å². The molecule has 0 bridgehead atoms. The lowest BCUT2D eigenvalue weighted by atomic mass is 10.1. The maximum Gasteiger partial charge on any atom is 0.123 e. The van der Waals surface area contributed by atoms with E-state index >= 15 is 0 Å². The van der Waals surface area contributed by atoms with E-state index in [0.29, 0.717) is 6.54 Å². The van der Waals surface area contributed by atoms with Gasteiger partial charge in [0.2, 0.25) is 0 Å². The van der Waals surface area contributed by atoms with E-state index in [4.69, 9.17) is 0 Å². The zero-order chi connectivity index (χ0) is 12.3. The molecule has 0 atom stereocenters. The first-order chi connectivity index (χ1) is 8.16. The molecular weight excluding hydrogens is 213 g/mol. The third kappa shape index (κ3) is 2.84. The summed E-state index contributed by atoms with van der Waals surface area (Å²) in [4.78, 5) is 0. The van der Waals surface area contributed by atoms with E-state index in [9.17, 15) is 4.39 Å². The summed E-state index contributed by atoms with van der Waals surface area (Å²) in [6, 6.07) is 12.8. The van der Waals surface area contributed by atoms with Gasteiger partial charge in [-0.3, -0.25) is 0 Å². The number of aryl methyl sites for hydroxylation is 2. The van der Waals surface area contributed by atoms with Crippen LogP contribution in [0.5, 0.6) is 0 Å². The van der Waals surface area contributed by atoms with Gasteiger partial charge in [-0.05, 0) is 42.7 Å². The molecule has 2 heteroatoms. The standard InChI is InChI=1S/C15H16FN/c1-11-4-3-5-12(2)15(11)17-10-13-6-8-14(16)9-7-13/h3-9,17H,10H2,1-2H3. The van der Waals surface area contributed by atoms with Gasteiger partial charge < -0.3 is 5.32 Å². The van der Waals surface area contributed by atoms with Crippen LogP contribution in [0.2, 0.25) is 0 Å². The summed E-state index contributed by atoms with van der Waals surface area (Å²) >= 11 is 0. The summed E-state index contributed by atoms with van der Waals surface area (Å²) in [5.41, 5.74) is 4.70. The molecule has 2 aromatic rings. The Morgan fingerprint density at radius 3 is 2.12 bits per heavy atom. The van der Waals surface area contributed by atoms with Gasteiger partial charge in [0, 0.05) is 12.2 Å². The van der Waals surface area contributed by atoms with Crippen molar-refractivity contribution in [1.29, 1.82) is 0 Å². The van der Waals surface area contributed by atoms with Gasteiger partial charge in [0.15, 0.2) is 0 Å². The van der Waals surface area contributed by atoms with E-state index in [-0.39, 0.29) is 5.82 Å². The molecule has 0 radical (unpaired) electrons. The Morgan fingerprint density at radius 2 is 1.53 bits per heavy atom. The van der Waals surface area contributed by atoms with Crippen molar-refractivity contribution in [2.45, 2.75) is 20.4 Å². The van der Waals surface area contributed by atoms with E-state index < -0.39 is 0 Å². The summed E-state index contributed by atoms with van der Waals surface area (Å²) in [5.74, 6) is -0.194. The van der Waals surface area contributed by atoms with Gasteiger partial charge in [-0.15, -0.1) is 0 Å². The molecule has 88 valence electrons. The Balaban J connectivity index is 2.10. The first kappa shape index (κ1) is 11.6. The van der Waals surface area contributed by atoms with Crippen molar-refractivity contribution in [2.24, 2.45) is 0 Å². The van der Waals surface area contributed by atoms with Gasteiger partial charge in [-0.25, -0.2) is 4.39 Å². The normalized spacial score (nSPS) is 10.3. The van der Waals surface area contributed by atoms with Gasteiger partial charge in [0.05, 0.1) is 0 Å². The van der Waals surface area contributed by atoms with Crippen LogP contribution in [-0.4, -0.2) is 0 Å². The molecule has 0 spiro atoms. The average molecular weight is 229 g/mol. The third-order valence-corrected chi connectivity index (χ3v) is 2.86. The number of hydrogen-bond acceptors (Lipinski definition) is 1. The lowest BCUT2D eigenvalue weighted by Gasteiger charge is -2.12. The number of para-hydroxylation sites is 1. The Kier molecular flexibility index (Phi) is 3.43. The number of halogens is 1. The molecule has 0 aliphatic rings. The monoisotopic (exact) mass is 229 g/mol. The van der Waals surface area contributed by atoms with Crippen LogP contribution in [0.3, 0.4) is 0 Å². The van der Waals surface area contributed by atoms with Gasteiger partial charge in [0.1, 0.15) is 5.82 Å². The predicted molar refractivity (Wildman–Crippen MR) is 69.6 cm³/mol. The number of rotatable bonds is 3. The quantitative estimate of drug-likeness (QED) is 0.837. The smallest absolute Gasteiger partial charge is 0.123 e. The molecule has 0 heterocycles. The summed E-state index contributed by atoms with van der Waals surface area (Å²) in [5, 5.41) is 3.39. The molecule has 0 aliphatic heterocycles. The van der Waals surface area contributed by atoms with Crippen molar-refractivity contribution in [1.82, 2.24) is 0 Å². The highest BCUT2D eigenvalue weighted by Crippen LogP contribution is 2.20. The van der Waals surface area contributed by atoms with Crippen LogP contribution < -0.4 is 5.32 Å². The minimum Gasteiger partial charge on any atom is -0.381 e. The molecule has 0 unspecified atom stereocenters. The number of benzene rings is 2. The fourth-order valence-electron chi connectivity index (χ4n) is 1.89. The zero-order valence-electron chi connectivity index (χ0n) is 10.1. The van der Waals surface area contributed by atoms with Crippen molar-refractivity contribution in [3.63, 3.8) is 0 Å². The fraction of sp³-hybridized carbons (Fsp3) is 0.200. The van der Waals surface area contributed by atoms with Gasteiger partial charge in [0.25, 0.3) is 0 Å².